The molecule has 0 saturated carbocycles. The van der Waals surface area contributed by atoms with Crippen LogP contribution in [0.25, 0.3) is 0 Å². The van der Waals surface area contributed by atoms with E-state index >= 15 is 0 Å². The number of methoxy groups -OCH3 is 1. The molecule has 0 amide bonds. The lowest BCUT2D eigenvalue weighted by molar-refractivity contribution is -0.134. The Labute approximate surface area is 222 Å². The number of hydrogen-bond donors (Lipinski definition) is 0. The molecule has 4 nitrogen and oxygen atoms in total. The normalized spacial score (nSPS) is 11.3. The first kappa shape index (κ1) is 32.2. The highest BCUT2D eigenvalue weighted by Gasteiger charge is 2.10. The Bertz CT molecular complexity index is 686. The number of esters is 1. The van der Waals surface area contributed by atoms with Gasteiger partial charge in [0.05, 0.1) is 7.11 Å². The van der Waals surface area contributed by atoms with E-state index in [4.69, 9.17) is 9.47 Å². The van der Waals surface area contributed by atoms with Crippen molar-refractivity contribution in [2.45, 2.75) is 142 Å². The lowest BCUT2D eigenvalue weighted by atomic mass is 10.0. The average Bonchev–Trinajstić information content (AvgIpc) is 2.89. The number of nitrogens with zero attached hydrogens (tertiary/aromatic N) is 1. The third-order valence-corrected chi connectivity index (χ3v) is 6.78. The van der Waals surface area contributed by atoms with Crippen molar-refractivity contribution in [2.24, 2.45) is 4.99 Å². The van der Waals surface area contributed by atoms with Crippen molar-refractivity contribution >= 4 is 12.2 Å². The van der Waals surface area contributed by atoms with E-state index in [0.717, 1.165) is 31.4 Å². The number of rotatable bonds is 24. The second kappa shape index (κ2) is 23.6. The van der Waals surface area contributed by atoms with Gasteiger partial charge in [0, 0.05) is 19.2 Å². The van der Waals surface area contributed by atoms with Crippen molar-refractivity contribution in [1.29, 1.82) is 0 Å². The van der Waals surface area contributed by atoms with Crippen molar-refractivity contribution < 1.29 is 14.3 Å². The minimum atomic E-state index is -0.191. The molecule has 206 valence electrons. The second-order valence-electron chi connectivity index (χ2n) is 10.2. The van der Waals surface area contributed by atoms with Crippen LogP contribution in [0.1, 0.15) is 148 Å². The van der Waals surface area contributed by atoms with E-state index in [2.05, 4.69) is 18.8 Å². The monoisotopic (exact) mass is 501 g/mol. The predicted octanol–water partition coefficient (Wildman–Crippen LogP) is 9.86. The standard InChI is InChI=1S/C32H55NO3/c1-4-6-8-10-11-12-13-14-15-16-17-18-20-22-26-33-28-29-24-25-30(31(27-29)35-3)36-32(34)23-21-19-9-7-5-2/h24-25,27-28H,4-23,26H2,1-3H3. The molecule has 0 aliphatic heterocycles. The Morgan fingerprint density at radius 2 is 1.19 bits per heavy atom. The molecular weight excluding hydrogens is 446 g/mol. The van der Waals surface area contributed by atoms with Crippen LogP contribution in [0.4, 0.5) is 0 Å². The summed E-state index contributed by atoms with van der Waals surface area (Å²) in [5.74, 6) is 0.874. The highest BCUT2D eigenvalue weighted by Crippen LogP contribution is 2.28. The summed E-state index contributed by atoms with van der Waals surface area (Å²) in [5.41, 5.74) is 0.969. The van der Waals surface area contributed by atoms with Crippen LogP contribution in [0.5, 0.6) is 11.5 Å². The number of hydrogen-bond acceptors (Lipinski definition) is 4. The maximum atomic E-state index is 12.1. The molecule has 36 heavy (non-hydrogen) atoms. The Hall–Kier alpha value is -1.84. The molecule has 4 heteroatoms. The van der Waals surface area contributed by atoms with Gasteiger partial charge in [-0.15, -0.1) is 0 Å². The minimum absolute atomic E-state index is 0.191. The lowest BCUT2D eigenvalue weighted by Crippen LogP contribution is -2.08. The van der Waals surface area contributed by atoms with Crippen LogP contribution in [0.2, 0.25) is 0 Å². The summed E-state index contributed by atoms with van der Waals surface area (Å²) >= 11 is 0. The summed E-state index contributed by atoms with van der Waals surface area (Å²) in [6.45, 7) is 5.33. The fraction of sp³-hybridized carbons (Fsp3) is 0.750. The van der Waals surface area contributed by atoms with Crippen LogP contribution in [-0.4, -0.2) is 25.8 Å². The van der Waals surface area contributed by atoms with Gasteiger partial charge in [0.15, 0.2) is 11.5 Å². The van der Waals surface area contributed by atoms with E-state index in [-0.39, 0.29) is 5.97 Å². The van der Waals surface area contributed by atoms with Gasteiger partial charge in [0.25, 0.3) is 0 Å². The fourth-order valence-corrected chi connectivity index (χ4v) is 4.46. The summed E-state index contributed by atoms with van der Waals surface area (Å²) < 4.78 is 11.0. The molecule has 0 saturated heterocycles. The van der Waals surface area contributed by atoms with Gasteiger partial charge in [-0.2, -0.15) is 0 Å². The average molecular weight is 502 g/mol. The molecule has 0 aliphatic carbocycles. The van der Waals surface area contributed by atoms with Gasteiger partial charge >= 0.3 is 5.97 Å². The van der Waals surface area contributed by atoms with Crippen LogP contribution in [-0.2, 0) is 4.79 Å². The molecule has 1 aromatic carbocycles. The van der Waals surface area contributed by atoms with E-state index in [1.54, 1.807) is 7.11 Å². The van der Waals surface area contributed by atoms with E-state index in [1.807, 2.05) is 24.4 Å². The van der Waals surface area contributed by atoms with Crippen LogP contribution >= 0.6 is 0 Å². The Morgan fingerprint density at radius 3 is 1.72 bits per heavy atom. The molecule has 0 N–H and O–H groups in total. The van der Waals surface area contributed by atoms with Crippen LogP contribution < -0.4 is 9.47 Å². The molecule has 1 aromatic rings. The molecular formula is C32H55NO3. The smallest absolute Gasteiger partial charge is 0.311 e. The number of carbonyl (C=O) groups excluding carboxylic acids is 1. The van der Waals surface area contributed by atoms with Gasteiger partial charge in [-0.05, 0) is 36.6 Å². The van der Waals surface area contributed by atoms with Gasteiger partial charge in [-0.25, -0.2) is 0 Å². The highest BCUT2D eigenvalue weighted by molar-refractivity contribution is 5.81. The van der Waals surface area contributed by atoms with E-state index in [0.29, 0.717) is 17.9 Å². The molecule has 0 bridgehead atoms. The highest BCUT2D eigenvalue weighted by atomic mass is 16.6. The van der Waals surface area contributed by atoms with Crippen molar-refractivity contribution in [3.05, 3.63) is 23.8 Å². The van der Waals surface area contributed by atoms with Crippen LogP contribution in [0.3, 0.4) is 0 Å². The van der Waals surface area contributed by atoms with E-state index in [9.17, 15) is 4.79 Å². The fourth-order valence-electron chi connectivity index (χ4n) is 4.46. The van der Waals surface area contributed by atoms with Crippen molar-refractivity contribution in [2.75, 3.05) is 13.7 Å². The zero-order chi connectivity index (χ0) is 26.1. The Kier molecular flexibility index (Phi) is 21.1. The first-order chi connectivity index (χ1) is 17.7. The van der Waals surface area contributed by atoms with Crippen LogP contribution in [0, 0.1) is 0 Å². The molecule has 0 atom stereocenters. The molecule has 0 aliphatic rings. The molecule has 0 unspecified atom stereocenters. The SMILES string of the molecule is CCCCCCCCCCCCCCCCN=Cc1ccc(OC(=O)CCCCCCC)c(OC)c1. The van der Waals surface area contributed by atoms with Gasteiger partial charge in [-0.3, -0.25) is 9.79 Å². The quantitative estimate of drug-likeness (QED) is 0.0613. The largest absolute Gasteiger partial charge is 0.493 e. The number of unbranched alkanes of at least 4 members (excludes halogenated alkanes) is 17. The van der Waals surface area contributed by atoms with E-state index < -0.39 is 0 Å². The first-order valence-electron chi connectivity index (χ1n) is 15.1. The third-order valence-electron chi connectivity index (χ3n) is 6.78. The van der Waals surface area contributed by atoms with Gasteiger partial charge in [0.1, 0.15) is 0 Å². The summed E-state index contributed by atoms with van der Waals surface area (Å²) in [6, 6.07) is 5.63. The predicted molar refractivity (Wildman–Crippen MR) is 155 cm³/mol. The van der Waals surface area contributed by atoms with Crippen molar-refractivity contribution in [3.63, 3.8) is 0 Å². The second-order valence-corrected chi connectivity index (χ2v) is 10.2. The van der Waals surface area contributed by atoms with Crippen molar-refractivity contribution in [1.82, 2.24) is 0 Å². The number of aliphatic imine (C=N–C) groups is 1. The van der Waals surface area contributed by atoms with Crippen molar-refractivity contribution in [3.8, 4) is 11.5 Å². The van der Waals surface area contributed by atoms with Gasteiger partial charge in [-0.1, -0.05) is 123 Å². The van der Waals surface area contributed by atoms with E-state index in [1.165, 1.54) is 103 Å². The molecule has 1 rings (SSSR count). The van der Waals surface area contributed by atoms with Gasteiger partial charge < -0.3 is 9.47 Å². The number of ether oxygens (including phenoxy) is 2. The zero-order valence-electron chi connectivity index (χ0n) is 23.8. The molecule has 0 radical (unpaired) electrons. The molecule has 0 spiro atoms. The zero-order valence-corrected chi connectivity index (χ0v) is 23.8. The maximum Gasteiger partial charge on any atom is 0.311 e. The summed E-state index contributed by atoms with van der Waals surface area (Å²) in [6.07, 6.45) is 27.1. The molecule has 0 heterocycles. The van der Waals surface area contributed by atoms with Crippen LogP contribution in [0.15, 0.2) is 23.2 Å². The lowest BCUT2D eigenvalue weighted by Gasteiger charge is -2.10. The molecule has 0 aromatic heterocycles. The number of benzene rings is 1. The third kappa shape index (κ3) is 17.6. The number of carbonyl (C=O) groups is 1. The topological polar surface area (TPSA) is 47.9 Å². The summed E-state index contributed by atoms with van der Waals surface area (Å²) in [4.78, 5) is 16.7. The minimum Gasteiger partial charge on any atom is -0.493 e. The maximum absolute atomic E-state index is 12.1. The summed E-state index contributed by atoms with van der Waals surface area (Å²) in [7, 11) is 1.60. The Balaban J connectivity index is 2.11. The van der Waals surface area contributed by atoms with Gasteiger partial charge in [0.2, 0.25) is 0 Å². The Morgan fingerprint density at radius 1 is 0.694 bits per heavy atom. The molecule has 0 fully saturated rings. The summed E-state index contributed by atoms with van der Waals surface area (Å²) in [5, 5.41) is 0. The first-order valence-corrected chi connectivity index (χ1v) is 15.1.